The van der Waals surface area contributed by atoms with Gasteiger partial charge >= 0.3 is 0 Å². The largest absolute Gasteiger partial charge is 0.469 e. The van der Waals surface area contributed by atoms with Crippen molar-refractivity contribution in [2.45, 2.75) is 6.42 Å². The summed E-state index contributed by atoms with van der Waals surface area (Å²) >= 11 is 0. The summed E-state index contributed by atoms with van der Waals surface area (Å²) in [7, 11) is 0. The van der Waals surface area contributed by atoms with Crippen molar-refractivity contribution in [3.05, 3.63) is 48.3 Å². The van der Waals surface area contributed by atoms with Crippen molar-refractivity contribution in [3.8, 4) is 0 Å². The first kappa shape index (κ1) is 8.23. The zero-order valence-electron chi connectivity index (χ0n) is 7.97. The number of hydrogen-bond acceptors (Lipinski definition) is 3. The number of aromatic nitrogens is 3. The molecule has 3 aromatic heterocycles. The second-order valence-electron chi connectivity index (χ2n) is 3.33. The summed E-state index contributed by atoms with van der Waals surface area (Å²) in [4.78, 5) is 11.4. The third-order valence-electron chi connectivity index (χ3n) is 2.36. The SMILES string of the molecule is c1coc(Cc2ccnc3nc[nH]c23)c1. The van der Waals surface area contributed by atoms with Crippen LogP contribution in [0.25, 0.3) is 11.2 Å². The number of aromatic amines is 1. The molecule has 3 heterocycles. The Morgan fingerprint density at radius 3 is 3.13 bits per heavy atom. The molecular weight excluding hydrogens is 190 g/mol. The molecule has 0 atom stereocenters. The van der Waals surface area contributed by atoms with E-state index in [9.17, 15) is 0 Å². The Kier molecular flexibility index (Phi) is 1.78. The number of fused-ring (bicyclic) bond motifs is 1. The third kappa shape index (κ3) is 1.40. The fourth-order valence-electron chi connectivity index (χ4n) is 1.65. The molecule has 0 radical (unpaired) electrons. The average molecular weight is 199 g/mol. The molecule has 0 unspecified atom stereocenters. The third-order valence-corrected chi connectivity index (χ3v) is 2.36. The molecule has 3 aromatic rings. The first-order valence-corrected chi connectivity index (χ1v) is 4.73. The van der Waals surface area contributed by atoms with Gasteiger partial charge in [-0.1, -0.05) is 0 Å². The fourth-order valence-corrected chi connectivity index (χ4v) is 1.65. The van der Waals surface area contributed by atoms with Gasteiger partial charge in [0.2, 0.25) is 0 Å². The summed E-state index contributed by atoms with van der Waals surface area (Å²) in [6, 6.07) is 5.83. The number of pyridine rings is 1. The maximum Gasteiger partial charge on any atom is 0.177 e. The zero-order valence-corrected chi connectivity index (χ0v) is 7.97. The van der Waals surface area contributed by atoms with Crippen molar-refractivity contribution < 1.29 is 4.42 Å². The lowest BCUT2D eigenvalue weighted by Gasteiger charge is -1.98. The van der Waals surface area contributed by atoms with E-state index in [-0.39, 0.29) is 0 Å². The molecule has 0 aliphatic heterocycles. The predicted molar refractivity (Wildman–Crippen MR) is 55.4 cm³/mol. The second kappa shape index (κ2) is 3.24. The minimum absolute atomic E-state index is 0.749. The minimum atomic E-state index is 0.749. The highest BCUT2D eigenvalue weighted by Crippen LogP contribution is 2.16. The van der Waals surface area contributed by atoms with E-state index in [1.165, 1.54) is 0 Å². The lowest BCUT2D eigenvalue weighted by atomic mass is 10.1. The maximum absolute atomic E-state index is 5.31. The van der Waals surface area contributed by atoms with Crippen molar-refractivity contribution in [2.24, 2.45) is 0 Å². The van der Waals surface area contributed by atoms with Crippen LogP contribution in [0.2, 0.25) is 0 Å². The summed E-state index contributed by atoms with van der Waals surface area (Å²) < 4.78 is 5.31. The van der Waals surface area contributed by atoms with Gasteiger partial charge in [-0.15, -0.1) is 0 Å². The number of hydrogen-bond donors (Lipinski definition) is 1. The second-order valence-corrected chi connectivity index (χ2v) is 3.33. The number of furan rings is 1. The number of imidazole rings is 1. The molecule has 0 aliphatic rings. The molecule has 0 saturated carbocycles. The van der Waals surface area contributed by atoms with E-state index in [0.717, 1.165) is 28.9 Å². The number of H-pyrrole nitrogens is 1. The van der Waals surface area contributed by atoms with Gasteiger partial charge in [0.1, 0.15) is 5.76 Å². The van der Waals surface area contributed by atoms with Gasteiger partial charge < -0.3 is 9.40 Å². The lowest BCUT2D eigenvalue weighted by molar-refractivity contribution is 0.521. The molecule has 4 nitrogen and oxygen atoms in total. The summed E-state index contributed by atoms with van der Waals surface area (Å²) in [6.45, 7) is 0. The Morgan fingerprint density at radius 1 is 1.27 bits per heavy atom. The smallest absolute Gasteiger partial charge is 0.177 e. The van der Waals surface area contributed by atoms with Crippen LogP contribution in [0.1, 0.15) is 11.3 Å². The summed E-state index contributed by atoms with van der Waals surface area (Å²) in [6.07, 6.45) is 5.86. The van der Waals surface area contributed by atoms with Crippen LogP contribution in [0.5, 0.6) is 0 Å². The van der Waals surface area contributed by atoms with Gasteiger partial charge in [-0.05, 0) is 23.8 Å². The van der Waals surface area contributed by atoms with Gasteiger partial charge in [0.25, 0.3) is 0 Å². The minimum Gasteiger partial charge on any atom is -0.469 e. The molecule has 0 aliphatic carbocycles. The first-order chi connectivity index (χ1) is 7.43. The van der Waals surface area contributed by atoms with Crippen molar-refractivity contribution in [3.63, 3.8) is 0 Å². The highest BCUT2D eigenvalue weighted by Gasteiger charge is 2.05. The number of nitrogens with one attached hydrogen (secondary N) is 1. The van der Waals surface area contributed by atoms with Crippen LogP contribution in [-0.4, -0.2) is 15.0 Å². The highest BCUT2D eigenvalue weighted by molar-refractivity contribution is 5.74. The number of nitrogens with zero attached hydrogens (tertiary/aromatic N) is 2. The van der Waals surface area contributed by atoms with Crippen molar-refractivity contribution in [2.75, 3.05) is 0 Å². The van der Waals surface area contributed by atoms with Crippen LogP contribution in [0.15, 0.2) is 41.4 Å². The molecule has 0 aromatic carbocycles. The van der Waals surface area contributed by atoms with E-state index < -0.39 is 0 Å². The van der Waals surface area contributed by atoms with E-state index in [0.29, 0.717) is 0 Å². The fraction of sp³-hybridized carbons (Fsp3) is 0.0909. The maximum atomic E-state index is 5.31. The molecule has 74 valence electrons. The van der Waals surface area contributed by atoms with Crippen LogP contribution in [0.4, 0.5) is 0 Å². The summed E-state index contributed by atoms with van der Waals surface area (Å²) in [5.41, 5.74) is 2.88. The molecule has 0 spiro atoms. The molecule has 3 rings (SSSR count). The van der Waals surface area contributed by atoms with Gasteiger partial charge in [0.05, 0.1) is 18.1 Å². The molecule has 0 amide bonds. The molecule has 15 heavy (non-hydrogen) atoms. The summed E-state index contributed by atoms with van der Waals surface area (Å²) in [5, 5.41) is 0. The average Bonchev–Trinajstić information content (AvgIpc) is 2.87. The topological polar surface area (TPSA) is 54.7 Å². The monoisotopic (exact) mass is 199 g/mol. The Balaban J connectivity index is 2.07. The van der Waals surface area contributed by atoms with E-state index in [2.05, 4.69) is 15.0 Å². The van der Waals surface area contributed by atoms with Gasteiger partial charge in [0.15, 0.2) is 5.65 Å². The Hall–Kier alpha value is -2.10. The van der Waals surface area contributed by atoms with Crippen LogP contribution in [0, 0.1) is 0 Å². The zero-order chi connectivity index (χ0) is 10.1. The van der Waals surface area contributed by atoms with Crippen LogP contribution in [-0.2, 0) is 6.42 Å². The van der Waals surface area contributed by atoms with E-state index in [1.807, 2.05) is 18.2 Å². The van der Waals surface area contributed by atoms with Crippen LogP contribution < -0.4 is 0 Å². The molecule has 0 bridgehead atoms. The number of rotatable bonds is 2. The van der Waals surface area contributed by atoms with Gasteiger partial charge in [-0.2, -0.15) is 0 Å². The molecule has 4 heteroatoms. The van der Waals surface area contributed by atoms with Crippen molar-refractivity contribution in [1.82, 2.24) is 15.0 Å². The van der Waals surface area contributed by atoms with Gasteiger partial charge in [-0.25, -0.2) is 9.97 Å². The van der Waals surface area contributed by atoms with Crippen LogP contribution in [0.3, 0.4) is 0 Å². The molecule has 0 saturated heterocycles. The Morgan fingerprint density at radius 2 is 2.27 bits per heavy atom. The van der Waals surface area contributed by atoms with E-state index in [4.69, 9.17) is 4.42 Å². The lowest BCUT2D eigenvalue weighted by Crippen LogP contribution is -1.89. The van der Waals surface area contributed by atoms with E-state index in [1.54, 1.807) is 18.8 Å². The quantitative estimate of drug-likeness (QED) is 0.687. The molecular formula is C11H9N3O. The van der Waals surface area contributed by atoms with Gasteiger partial charge in [0, 0.05) is 12.6 Å². The standard InChI is InChI=1S/C11H9N3O/c1-2-9(15-5-1)6-8-3-4-12-11-10(8)13-7-14-11/h1-5,7H,6H2,(H,12,13,14). The Bertz CT molecular complexity index is 568. The summed E-state index contributed by atoms with van der Waals surface area (Å²) in [5.74, 6) is 0.942. The van der Waals surface area contributed by atoms with Gasteiger partial charge in [-0.3, -0.25) is 0 Å². The van der Waals surface area contributed by atoms with E-state index >= 15 is 0 Å². The normalized spacial score (nSPS) is 10.9. The molecule has 1 N–H and O–H groups in total. The van der Waals surface area contributed by atoms with Crippen molar-refractivity contribution in [1.29, 1.82) is 0 Å². The van der Waals surface area contributed by atoms with Crippen LogP contribution >= 0.6 is 0 Å². The first-order valence-electron chi connectivity index (χ1n) is 4.73. The highest BCUT2D eigenvalue weighted by atomic mass is 16.3. The predicted octanol–water partition coefficient (Wildman–Crippen LogP) is 2.14. The van der Waals surface area contributed by atoms with Crippen molar-refractivity contribution >= 4 is 11.2 Å². The Labute approximate surface area is 86.0 Å². The molecule has 0 fully saturated rings.